The lowest BCUT2D eigenvalue weighted by Crippen LogP contribution is -2.48. The Morgan fingerprint density at radius 3 is 1.89 bits per heavy atom. The van der Waals surface area contributed by atoms with E-state index in [2.05, 4.69) is 39.3 Å². The zero-order valence-electron chi connectivity index (χ0n) is 13.1. The Bertz CT molecular complexity index is 290. The first kappa shape index (κ1) is 17.7. The van der Waals surface area contributed by atoms with Crippen LogP contribution in [-0.4, -0.2) is 58.4 Å². The van der Waals surface area contributed by atoms with Crippen LogP contribution in [0.1, 0.15) is 0 Å². The highest BCUT2D eigenvalue weighted by Crippen LogP contribution is 2.31. The molecule has 0 aromatic heterocycles. The second kappa shape index (κ2) is 6.59. The number of aliphatic hydroxyl groups excluding tert-OH is 1. The molecular weight excluding hydrogens is 296 g/mol. The van der Waals surface area contributed by atoms with Crippen LogP contribution in [0, 0.1) is 0 Å². The third-order valence-electron chi connectivity index (χ3n) is 2.60. The van der Waals surface area contributed by atoms with E-state index in [1.165, 1.54) is 0 Å². The van der Waals surface area contributed by atoms with Crippen LogP contribution in [0.3, 0.4) is 0 Å². The molecule has 1 fully saturated rings. The van der Waals surface area contributed by atoms with Crippen molar-refractivity contribution in [3.8, 4) is 0 Å². The first-order chi connectivity index (χ1) is 8.53. The zero-order chi connectivity index (χ0) is 14.8. The molecule has 1 aliphatic rings. The molecule has 4 atom stereocenters. The van der Waals surface area contributed by atoms with Gasteiger partial charge in [0.05, 0.1) is 6.10 Å². The van der Waals surface area contributed by atoms with E-state index in [1.807, 2.05) is 6.26 Å². The lowest BCUT2D eigenvalue weighted by Gasteiger charge is -2.33. The summed E-state index contributed by atoms with van der Waals surface area (Å²) in [6.07, 6.45) is 0.577. The van der Waals surface area contributed by atoms with Crippen molar-refractivity contribution in [2.24, 2.45) is 0 Å². The normalized spacial score (nSPS) is 32.8. The Hall–Kier alpha value is 0.624. The van der Waals surface area contributed by atoms with E-state index in [-0.39, 0.29) is 18.3 Å². The Balaban J connectivity index is 2.84. The van der Waals surface area contributed by atoms with E-state index in [0.29, 0.717) is 0 Å². The minimum absolute atomic E-state index is 0.0851. The van der Waals surface area contributed by atoms with Crippen molar-refractivity contribution >= 4 is 28.4 Å². The van der Waals surface area contributed by atoms with Crippen molar-refractivity contribution in [2.75, 3.05) is 12.0 Å². The number of rotatable bonds is 6. The number of thioether (sulfide) groups is 1. The van der Waals surface area contributed by atoms with Crippen LogP contribution in [0.2, 0.25) is 39.3 Å². The van der Waals surface area contributed by atoms with Crippen LogP contribution in [0.4, 0.5) is 0 Å². The molecule has 0 amide bonds. The van der Waals surface area contributed by atoms with Gasteiger partial charge in [-0.25, -0.2) is 0 Å². The maximum Gasteiger partial charge on any atom is 0.184 e. The largest absolute Gasteiger partial charge is 0.409 e. The summed E-state index contributed by atoms with van der Waals surface area (Å²) in [5.41, 5.74) is 0. The molecular formula is C12H28O4SSi2. The Labute approximate surface area is 123 Å². The monoisotopic (exact) mass is 324 g/mol. The van der Waals surface area contributed by atoms with Gasteiger partial charge >= 0.3 is 0 Å². The molecule has 1 rings (SSSR count). The molecule has 0 aromatic carbocycles. The van der Waals surface area contributed by atoms with E-state index in [4.69, 9.17) is 13.6 Å². The van der Waals surface area contributed by atoms with Gasteiger partial charge in [0, 0.05) is 5.75 Å². The van der Waals surface area contributed by atoms with Gasteiger partial charge in [-0.2, -0.15) is 11.8 Å². The average molecular weight is 325 g/mol. The number of aliphatic hydroxyl groups is 1. The van der Waals surface area contributed by atoms with Crippen molar-refractivity contribution in [3.63, 3.8) is 0 Å². The SMILES string of the molecule is CSCC1OC(O)C(O[Si](C)(C)C)C1O[Si](C)(C)C. The van der Waals surface area contributed by atoms with E-state index in [1.54, 1.807) is 11.8 Å². The molecule has 0 spiro atoms. The maximum absolute atomic E-state index is 10.1. The summed E-state index contributed by atoms with van der Waals surface area (Å²) in [4.78, 5) is 0. The lowest BCUT2D eigenvalue weighted by molar-refractivity contribution is -0.119. The van der Waals surface area contributed by atoms with Crippen LogP contribution in [0.25, 0.3) is 0 Å². The van der Waals surface area contributed by atoms with Crippen LogP contribution >= 0.6 is 11.8 Å². The number of hydrogen-bond acceptors (Lipinski definition) is 5. The van der Waals surface area contributed by atoms with Gasteiger partial charge in [-0.05, 0) is 45.5 Å². The number of ether oxygens (including phenoxy) is 1. The Kier molecular flexibility index (Phi) is 6.13. The van der Waals surface area contributed by atoms with Crippen LogP contribution in [0.15, 0.2) is 0 Å². The van der Waals surface area contributed by atoms with E-state index in [0.717, 1.165) is 5.75 Å². The fourth-order valence-electron chi connectivity index (χ4n) is 2.09. The lowest BCUT2D eigenvalue weighted by atomic mass is 10.2. The summed E-state index contributed by atoms with van der Waals surface area (Å²) in [5, 5.41) is 10.1. The van der Waals surface area contributed by atoms with Crippen LogP contribution < -0.4 is 0 Å². The Morgan fingerprint density at radius 2 is 1.47 bits per heavy atom. The third kappa shape index (κ3) is 5.86. The van der Waals surface area contributed by atoms with Gasteiger partial charge in [0.25, 0.3) is 0 Å². The molecule has 1 saturated heterocycles. The van der Waals surface area contributed by atoms with Gasteiger partial charge in [0.1, 0.15) is 12.2 Å². The second-order valence-electron chi connectivity index (χ2n) is 6.91. The summed E-state index contributed by atoms with van der Waals surface area (Å²) in [7, 11) is -3.45. The minimum Gasteiger partial charge on any atom is -0.409 e. The number of hydrogen-bond donors (Lipinski definition) is 1. The van der Waals surface area contributed by atoms with Crippen molar-refractivity contribution in [1.29, 1.82) is 0 Å². The highest BCUT2D eigenvalue weighted by molar-refractivity contribution is 7.98. The quantitative estimate of drug-likeness (QED) is 0.761. The molecule has 19 heavy (non-hydrogen) atoms. The average Bonchev–Trinajstić information content (AvgIpc) is 2.42. The molecule has 0 aliphatic carbocycles. The molecule has 0 saturated carbocycles. The molecule has 1 aliphatic heterocycles. The fourth-order valence-corrected chi connectivity index (χ4v) is 4.86. The van der Waals surface area contributed by atoms with Crippen LogP contribution in [0.5, 0.6) is 0 Å². The summed E-state index contributed by atoms with van der Waals surface area (Å²) in [6, 6.07) is 0. The van der Waals surface area contributed by atoms with Gasteiger partial charge in [-0.1, -0.05) is 0 Å². The molecule has 114 valence electrons. The first-order valence-electron chi connectivity index (χ1n) is 6.71. The Morgan fingerprint density at radius 1 is 1.00 bits per heavy atom. The molecule has 1 N–H and O–H groups in total. The highest BCUT2D eigenvalue weighted by atomic mass is 32.2. The van der Waals surface area contributed by atoms with Gasteiger partial charge < -0.3 is 18.7 Å². The van der Waals surface area contributed by atoms with E-state index >= 15 is 0 Å². The molecule has 0 bridgehead atoms. The summed E-state index contributed by atoms with van der Waals surface area (Å²) in [6.45, 7) is 12.8. The molecule has 4 unspecified atom stereocenters. The molecule has 0 aromatic rings. The molecule has 0 radical (unpaired) electrons. The summed E-state index contributed by atoms with van der Waals surface area (Å²) < 4.78 is 18.0. The van der Waals surface area contributed by atoms with Gasteiger partial charge in [-0.3, -0.25) is 0 Å². The molecule has 4 nitrogen and oxygen atoms in total. The van der Waals surface area contributed by atoms with Gasteiger partial charge in [0.15, 0.2) is 22.9 Å². The maximum atomic E-state index is 10.1. The van der Waals surface area contributed by atoms with Crippen LogP contribution in [-0.2, 0) is 13.6 Å². The fraction of sp³-hybridized carbons (Fsp3) is 1.00. The van der Waals surface area contributed by atoms with E-state index in [9.17, 15) is 5.11 Å². The summed E-state index contributed by atoms with van der Waals surface area (Å²) >= 11 is 1.71. The highest BCUT2D eigenvalue weighted by Gasteiger charge is 2.48. The van der Waals surface area contributed by atoms with Crippen molar-refractivity contribution in [1.82, 2.24) is 0 Å². The zero-order valence-corrected chi connectivity index (χ0v) is 15.9. The predicted molar refractivity (Wildman–Crippen MR) is 85.7 cm³/mol. The molecule has 1 heterocycles. The summed E-state index contributed by atoms with van der Waals surface area (Å²) in [5.74, 6) is 0.817. The predicted octanol–water partition coefficient (Wildman–Crippen LogP) is 2.51. The second-order valence-corrected chi connectivity index (χ2v) is 16.7. The standard InChI is InChI=1S/C12H28O4SSi2/c1-17-8-9-10(15-18(2,3)4)11(12(13)14-9)16-19(5,6)7/h9-13H,8H2,1-7H3. The smallest absolute Gasteiger partial charge is 0.184 e. The van der Waals surface area contributed by atoms with Crippen molar-refractivity contribution < 1.29 is 18.7 Å². The third-order valence-corrected chi connectivity index (χ3v) is 5.22. The van der Waals surface area contributed by atoms with Gasteiger partial charge in [-0.15, -0.1) is 0 Å². The van der Waals surface area contributed by atoms with Crippen molar-refractivity contribution in [2.45, 2.75) is 63.9 Å². The minimum atomic E-state index is -1.75. The van der Waals surface area contributed by atoms with Crippen molar-refractivity contribution in [3.05, 3.63) is 0 Å². The van der Waals surface area contributed by atoms with E-state index < -0.39 is 22.9 Å². The molecule has 7 heteroatoms. The van der Waals surface area contributed by atoms with Gasteiger partial charge in [0.2, 0.25) is 0 Å². The first-order valence-corrected chi connectivity index (χ1v) is 14.9. The topological polar surface area (TPSA) is 47.9 Å².